The van der Waals surface area contributed by atoms with Crippen molar-refractivity contribution >= 4 is 5.97 Å². The fourth-order valence-corrected chi connectivity index (χ4v) is 4.63. The number of rotatable bonds is 5. The Balaban J connectivity index is 1.36. The number of fused-ring (bicyclic) bond motifs is 1. The molecule has 0 radical (unpaired) electrons. The average molecular weight is 460 g/mol. The lowest BCUT2D eigenvalue weighted by molar-refractivity contribution is -0.0334. The van der Waals surface area contributed by atoms with Gasteiger partial charge in [0.05, 0.1) is 37.1 Å². The predicted molar refractivity (Wildman–Crippen MR) is 122 cm³/mol. The van der Waals surface area contributed by atoms with E-state index in [1.165, 1.54) is 0 Å². The van der Waals surface area contributed by atoms with Gasteiger partial charge in [-0.2, -0.15) is 15.0 Å². The van der Waals surface area contributed by atoms with E-state index in [-0.39, 0.29) is 12.1 Å². The summed E-state index contributed by atoms with van der Waals surface area (Å²) in [5.41, 5.74) is 6.06. The topological polar surface area (TPSA) is 102 Å². The summed E-state index contributed by atoms with van der Waals surface area (Å²) in [7, 11) is 1.62. The third kappa shape index (κ3) is 3.81. The van der Waals surface area contributed by atoms with Crippen molar-refractivity contribution in [3.63, 3.8) is 0 Å². The zero-order chi connectivity index (χ0) is 23.8. The van der Waals surface area contributed by atoms with Crippen LogP contribution in [0.3, 0.4) is 0 Å². The Labute approximate surface area is 197 Å². The van der Waals surface area contributed by atoms with Crippen LogP contribution in [0.5, 0.6) is 5.88 Å². The van der Waals surface area contributed by atoms with Gasteiger partial charge in [-0.05, 0) is 42.7 Å². The van der Waals surface area contributed by atoms with Gasteiger partial charge in [0.25, 0.3) is 0 Å². The van der Waals surface area contributed by atoms with Gasteiger partial charge in [-0.3, -0.25) is 4.90 Å². The highest BCUT2D eigenvalue weighted by Crippen LogP contribution is 2.33. The first-order valence-electron chi connectivity index (χ1n) is 11.1. The first-order chi connectivity index (χ1) is 16.5. The van der Waals surface area contributed by atoms with Gasteiger partial charge in [0, 0.05) is 37.0 Å². The smallest absolute Gasteiger partial charge is 0.338 e. The third-order valence-electron chi connectivity index (χ3n) is 6.52. The molecule has 0 bridgehead atoms. The van der Waals surface area contributed by atoms with Gasteiger partial charge in [0.2, 0.25) is 5.88 Å². The van der Waals surface area contributed by atoms with E-state index in [0.717, 1.165) is 34.4 Å². The number of hydrogen-bond acceptors (Lipinski definition) is 8. The summed E-state index contributed by atoms with van der Waals surface area (Å²) in [5.74, 6) is 0.959. The molecular formula is C25H25N5O4. The van der Waals surface area contributed by atoms with E-state index in [2.05, 4.69) is 21.1 Å². The molecule has 9 nitrogen and oxygen atoms in total. The van der Waals surface area contributed by atoms with Crippen molar-refractivity contribution in [3.05, 3.63) is 69.5 Å². The highest BCUT2D eigenvalue weighted by Gasteiger charge is 2.29. The largest absolute Gasteiger partial charge is 0.481 e. The van der Waals surface area contributed by atoms with E-state index >= 15 is 0 Å². The lowest BCUT2D eigenvalue weighted by Crippen LogP contribution is -2.38. The molecule has 2 aromatic heterocycles. The summed E-state index contributed by atoms with van der Waals surface area (Å²) in [6.07, 6.45) is 3.25. The summed E-state index contributed by atoms with van der Waals surface area (Å²) in [5, 5.41) is 13.7. The second-order valence-corrected chi connectivity index (χ2v) is 8.54. The highest BCUT2D eigenvalue weighted by atomic mass is 16.5. The lowest BCUT2D eigenvalue weighted by atomic mass is 9.94. The SMILES string of the molecule is COc1c(CN2CCOC(c3ccc4c(c3C)COC4=O)C2)cnn1-c1cc(C)c(C#N)cn1. The van der Waals surface area contributed by atoms with Crippen LogP contribution < -0.4 is 4.74 Å². The molecule has 0 saturated carbocycles. The number of aromatic nitrogens is 3. The molecule has 1 aromatic carbocycles. The Morgan fingerprint density at radius 3 is 2.91 bits per heavy atom. The summed E-state index contributed by atoms with van der Waals surface area (Å²) < 4.78 is 18.7. The molecule has 4 heterocycles. The van der Waals surface area contributed by atoms with Crippen LogP contribution in [0.15, 0.2) is 30.6 Å². The Morgan fingerprint density at radius 1 is 1.29 bits per heavy atom. The number of ether oxygens (including phenoxy) is 3. The molecule has 1 fully saturated rings. The van der Waals surface area contributed by atoms with Crippen LogP contribution >= 0.6 is 0 Å². The molecule has 1 atom stereocenters. The standard InChI is InChI=1S/C25H25N5O4/c1-15-8-23(27-10-17(15)9-26)30-24(32-3)18(11-28-30)12-29-6-7-33-22(13-29)19-4-5-20-21(16(19)2)14-34-25(20)31/h4-5,8,10-11,22H,6-7,12-14H2,1-3H3. The maximum absolute atomic E-state index is 11.9. The fraction of sp³-hybridized carbons (Fsp3) is 0.360. The van der Waals surface area contributed by atoms with Crippen molar-refractivity contribution < 1.29 is 19.0 Å². The van der Waals surface area contributed by atoms with E-state index in [9.17, 15) is 10.1 Å². The number of morpholine rings is 1. The number of methoxy groups -OCH3 is 1. The monoisotopic (exact) mass is 459 g/mol. The number of pyridine rings is 1. The van der Waals surface area contributed by atoms with E-state index < -0.39 is 0 Å². The Hall–Kier alpha value is -3.74. The second-order valence-electron chi connectivity index (χ2n) is 8.54. The van der Waals surface area contributed by atoms with E-state index in [1.807, 2.05) is 32.0 Å². The molecule has 1 unspecified atom stereocenters. The highest BCUT2D eigenvalue weighted by molar-refractivity contribution is 5.93. The molecule has 2 aliphatic rings. The van der Waals surface area contributed by atoms with Crippen molar-refractivity contribution in [1.82, 2.24) is 19.7 Å². The minimum absolute atomic E-state index is 0.0985. The van der Waals surface area contributed by atoms with Crippen LogP contribution in [0.4, 0.5) is 0 Å². The molecule has 174 valence electrons. The van der Waals surface area contributed by atoms with Crippen molar-refractivity contribution in [3.8, 4) is 17.8 Å². The van der Waals surface area contributed by atoms with Crippen LogP contribution in [0.2, 0.25) is 0 Å². The van der Waals surface area contributed by atoms with Crippen LogP contribution in [0.1, 0.15) is 49.8 Å². The number of esters is 1. The zero-order valence-corrected chi connectivity index (χ0v) is 19.4. The minimum Gasteiger partial charge on any atom is -0.481 e. The Morgan fingerprint density at radius 2 is 2.15 bits per heavy atom. The number of carbonyl (C=O) groups excluding carboxylic acids is 1. The van der Waals surface area contributed by atoms with Gasteiger partial charge < -0.3 is 14.2 Å². The molecule has 0 amide bonds. The van der Waals surface area contributed by atoms with Gasteiger partial charge in [-0.25, -0.2) is 9.78 Å². The molecule has 3 aromatic rings. The molecule has 0 spiro atoms. The number of benzene rings is 1. The van der Waals surface area contributed by atoms with Crippen LogP contribution in [0, 0.1) is 25.2 Å². The van der Waals surface area contributed by atoms with Crippen molar-refractivity contribution in [2.75, 3.05) is 26.8 Å². The number of cyclic esters (lactones) is 1. The zero-order valence-electron chi connectivity index (χ0n) is 19.4. The van der Waals surface area contributed by atoms with Crippen molar-refractivity contribution in [2.24, 2.45) is 0 Å². The van der Waals surface area contributed by atoms with E-state index in [0.29, 0.717) is 49.1 Å². The molecule has 2 aliphatic heterocycles. The number of aryl methyl sites for hydroxylation is 1. The summed E-state index contributed by atoms with van der Waals surface area (Å²) in [4.78, 5) is 18.6. The van der Waals surface area contributed by atoms with Crippen molar-refractivity contribution in [2.45, 2.75) is 33.1 Å². The first-order valence-corrected chi connectivity index (χ1v) is 11.1. The lowest BCUT2D eigenvalue weighted by Gasteiger charge is -2.34. The molecule has 0 N–H and O–H groups in total. The van der Waals surface area contributed by atoms with Crippen LogP contribution in [0.25, 0.3) is 5.82 Å². The Bertz CT molecular complexity index is 1310. The number of hydrogen-bond donors (Lipinski definition) is 0. The molecule has 5 rings (SSSR count). The summed E-state index contributed by atoms with van der Waals surface area (Å²) in [6.45, 7) is 6.95. The maximum atomic E-state index is 11.9. The Kier molecular flexibility index (Phi) is 5.77. The quantitative estimate of drug-likeness (QED) is 0.537. The number of nitrogens with zero attached hydrogens (tertiary/aromatic N) is 5. The minimum atomic E-state index is -0.258. The van der Waals surface area contributed by atoms with Gasteiger partial charge >= 0.3 is 5.97 Å². The summed E-state index contributed by atoms with van der Waals surface area (Å²) in [6, 6.07) is 7.78. The molecule has 1 saturated heterocycles. The molecule has 9 heteroatoms. The number of carbonyl (C=O) groups is 1. The van der Waals surface area contributed by atoms with Gasteiger partial charge in [0.1, 0.15) is 12.7 Å². The van der Waals surface area contributed by atoms with Gasteiger partial charge in [-0.15, -0.1) is 0 Å². The first kappa shape index (κ1) is 22.1. The molecule has 0 aliphatic carbocycles. The normalized spacial score (nSPS) is 17.8. The van der Waals surface area contributed by atoms with Gasteiger partial charge in [-0.1, -0.05) is 6.07 Å². The maximum Gasteiger partial charge on any atom is 0.338 e. The third-order valence-corrected chi connectivity index (χ3v) is 6.52. The fourth-order valence-electron chi connectivity index (χ4n) is 4.63. The number of nitriles is 1. The molecule has 34 heavy (non-hydrogen) atoms. The average Bonchev–Trinajstić information content (AvgIpc) is 3.43. The second kappa shape index (κ2) is 8.89. The van der Waals surface area contributed by atoms with Crippen LogP contribution in [-0.4, -0.2) is 52.4 Å². The van der Waals surface area contributed by atoms with E-state index in [1.54, 1.807) is 24.2 Å². The molecular weight excluding hydrogens is 434 g/mol. The van der Waals surface area contributed by atoms with E-state index in [4.69, 9.17) is 14.2 Å². The summed E-state index contributed by atoms with van der Waals surface area (Å²) >= 11 is 0. The van der Waals surface area contributed by atoms with Gasteiger partial charge in [0.15, 0.2) is 5.82 Å². The predicted octanol–water partition coefficient (Wildman–Crippen LogP) is 3.01. The van der Waals surface area contributed by atoms with Crippen molar-refractivity contribution in [1.29, 1.82) is 5.26 Å². The van der Waals surface area contributed by atoms with Crippen LogP contribution in [-0.2, 0) is 22.6 Å².